The van der Waals surface area contributed by atoms with Gasteiger partial charge in [-0.25, -0.2) is 0 Å². The number of aromatic nitrogens is 2. The molecule has 0 saturated carbocycles. The number of carbonyl (C=O) groups excluding carboxylic acids is 1. The summed E-state index contributed by atoms with van der Waals surface area (Å²) in [7, 11) is 0. The highest BCUT2D eigenvalue weighted by Gasteiger charge is 2.25. The van der Waals surface area contributed by atoms with Gasteiger partial charge in [0.1, 0.15) is 6.54 Å². The molecule has 0 bridgehead atoms. The van der Waals surface area contributed by atoms with Crippen molar-refractivity contribution in [2.45, 2.75) is 31.8 Å². The molecule has 3 rings (SSSR count). The number of amides is 1. The summed E-state index contributed by atoms with van der Waals surface area (Å²) >= 11 is 5.71. The van der Waals surface area contributed by atoms with Crippen LogP contribution in [0, 0.1) is 0 Å². The van der Waals surface area contributed by atoms with Crippen LogP contribution < -0.4 is 5.73 Å². The molecule has 21 heavy (non-hydrogen) atoms. The van der Waals surface area contributed by atoms with E-state index in [9.17, 15) is 4.79 Å². The summed E-state index contributed by atoms with van der Waals surface area (Å²) in [6.07, 6.45) is 2.59. The van der Waals surface area contributed by atoms with Crippen LogP contribution in [0.1, 0.15) is 25.2 Å². The van der Waals surface area contributed by atoms with Crippen molar-refractivity contribution in [2.75, 3.05) is 6.54 Å². The lowest BCUT2D eigenvalue weighted by Crippen LogP contribution is -2.41. The zero-order valence-electron chi connectivity index (χ0n) is 11.3. The summed E-state index contributed by atoms with van der Waals surface area (Å²) in [6.45, 7) is 0.908. The van der Waals surface area contributed by atoms with Gasteiger partial charge in [-0.15, -0.1) is 0 Å². The second-order valence-electron chi connectivity index (χ2n) is 4.98. The van der Waals surface area contributed by atoms with E-state index >= 15 is 0 Å². The molecule has 1 unspecified atom stereocenters. The molecule has 1 fully saturated rings. The van der Waals surface area contributed by atoms with E-state index in [2.05, 4.69) is 10.1 Å². The van der Waals surface area contributed by atoms with Crippen LogP contribution >= 0.6 is 11.6 Å². The van der Waals surface area contributed by atoms with Crippen LogP contribution in [0.3, 0.4) is 0 Å². The average Bonchev–Trinajstić information content (AvgIpc) is 3.06. The minimum absolute atomic E-state index is 0.0757. The van der Waals surface area contributed by atoms with Gasteiger partial charge in [-0.1, -0.05) is 5.16 Å². The van der Waals surface area contributed by atoms with E-state index in [1.165, 1.54) is 0 Å². The predicted octanol–water partition coefficient (Wildman–Crippen LogP) is 1.82. The first-order valence-electron chi connectivity index (χ1n) is 6.76. The molecule has 112 valence electrons. The van der Waals surface area contributed by atoms with Gasteiger partial charge in [0.2, 0.25) is 17.6 Å². The second-order valence-corrected chi connectivity index (χ2v) is 5.35. The van der Waals surface area contributed by atoms with Gasteiger partial charge in [-0.2, -0.15) is 4.98 Å². The standard InChI is InChI=1S/C13H15ClN4O3/c14-10-5-4-9(20-10)12-16-11(21-17-12)7-18-6-2-1-3-8(15)13(18)19/h4-5,8H,1-3,6-7,15H2. The van der Waals surface area contributed by atoms with Crippen LogP contribution in [-0.4, -0.2) is 33.5 Å². The number of halogens is 1. The lowest BCUT2D eigenvalue weighted by Gasteiger charge is -2.20. The van der Waals surface area contributed by atoms with E-state index in [-0.39, 0.29) is 17.7 Å². The number of nitrogens with two attached hydrogens (primary N) is 1. The fourth-order valence-electron chi connectivity index (χ4n) is 2.31. The molecule has 3 heterocycles. The van der Waals surface area contributed by atoms with Gasteiger partial charge in [0, 0.05) is 6.54 Å². The van der Waals surface area contributed by atoms with Crippen LogP contribution in [0.2, 0.25) is 5.22 Å². The summed E-state index contributed by atoms with van der Waals surface area (Å²) < 4.78 is 10.4. The van der Waals surface area contributed by atoms with Crippen LogP contribution in [-0.2, 0) is 11.3 Å². The fraction of sp³-hybridized carbons (Fsp3) is 0.462. The molecule has 1 aliphatic heterocycles. The van der Waals surface area contributed by atoms with Crippen molar-refractivity contribution in [3.05, 3.63) is 23.2 Å². The Balaban J connectivity index is 1.73. The molecule has 7 nitrogen and oxygen atoms in total. The topological polar surface area (TPSA) is 98.4 Å². The maximum absolute atomic E-state index is 12.1. The van der Waals surface area contributed by atoms with Crippen molar-refractivity contribution in [2.24, 2.45) is 5.73 Å². The Morgan fingerprint density at radius 3 is 3.05 bits per heavy atom. The molecular weight excluding hydrogens is 296 g/mol. The summed E-state index contributed by atoms with van der Waals surface area (Å²) in [5, 5.41) is 4.08. The Morgan fingerprint density at radius 2 is 2.29 bits per heavy atom. The third-order valence-corrected chi connectivity index (χ3v) is 3.61. The Morgan fingerprint density at radius 1 is 1.43 bits per heavy atom. The Bertz CT molecular complexity index is 639. The highest BCUT2D eigenvalue weighted by Crippen LogP contribution is 2.22. The van der Waals surface area contributed by atoms with E-state index in [0.29, 0.717) is 24.0 Å². The van der Waals surface area contributed by atoms with E-state index in [4.69, 9.17) is 26.3 Å². The number of nitrogens with zero attached hydrogens (tertiary/aromatic N) is 3. The lowest BCUT2D eigenvalue weighted by molar-refractivity contribution is -0.133. The van der Waals surface area contributed by atoms with Crippen molar-refractivity contribution in [3.8, 4) is 11.6 Å². The highest BCUT2D eigenvalue weighted by atomic mass is 35.5. The van der Waals surface area contributed by atoms with Gasteiger partial charge in [0.25, 0.3) is 0 Å². The third kappa shape index (κ3) is 3.08. The minimum atomic E-state index is -0.446. The second kappa shape index (κ2) is 5.87. The number of hydrogen-bond acceptors (Lipinski definition) is 6. The molecule has 1 aliphatic rings. The van der Waals surface area contributed by atoms with Crippen molar-refractivity contribution in [1.82, 2.24) is 15.0 Å². The molecule has 2 aromatic heterocycles. The highest BCUT2D eigenvalue weighted by molar-refractivity contribution is 6.28. The smallest absolute Gasteiger partial charge is 0.246 e. The van der Waals surface area contributed by atoms with Gasteiger partial charge < -0.3 is 19.6 Å². The molecule has 0 spiro atoms. The molecule has 1 atom stereocenters. The number of likely N-dealkylation sites (tertiary alicyclic amines) is 1. The van der Waals surface area contributed by atoms with Gasteiger partial charge in [0.05, 0.1) is 6.04 Å². The first kappa shape index (κ1) is 14.1. The zero-order valence-corrected chi connectivity index (χ0v) is 12.0. The van der Waals surface area contributed by atoms with E-state index in [1.54, 1.807) is 17.0 Å². The normalized spacial score (nSPS) is 19.8. The molecule has 0 aliphatic carbocycles. The first-order chi connectivity index (χ1) is 10.1. The summed E-state index contributed by atoms with van der Waals surface area (Å²) in [6, 6.07) is 2.81. The van der Waals surface area contributed by atoms with Crippen molar-refractivity contribution >= 4 is 17.5 Å². The van der Waals surface area contributed by atoms with Crippen molar-refractivity contribution in [1.29, 1.82) is 0 Å². The lowest BCUT2D eigenvalue weighted by atomic mass is 10.1. The maximum atomic E-state index is 12.1. The molecule has 0 radical (unpaired) electrons. The summed E-state index contributed by atoms with van der Waals surface area (Å²) in [5.41, 5.74) is 5.83. The van der Waals surface area contributed by atoms with E-state index in [0.717, 1.165) is 19.3 Å². The maximum Gasteiger partial charge on any atom is 0.246 e. The largest absolute Gasteiger partial charge is 0.441 e. The molecule has 1 amide bonds. The molecule has 2 N–H and O–H groups in total. The van der Waals surface area contributed by atoms with Gasteiger partial charge in [-0.05, 0) is 43.0 Å². The monoisotopic (exact) mass is 310 g/mol. The minimum Gasteiger partial charge on any atom is -0.441 e. The molecule has 2 aromatic rings. The average molecular weight is 311 g/mol. The summed E-state index contributed by atoms with van der Waals surface area (Å²) in [4.78, 5) is 18.0. The Labute approximate surface area is 126 Å². The zero-order chi connectivity index (χ0) is 14.8. The van der Waals surface area contributed by atoms with Crippen LogP contribution in [0.15, 0.2) is 21.1 Å². The third-order valence-electron chi connectivity index (χ3n) is 3.41. The summed E-state index contributed by atoms with van der Waals surface area (Å²) in [5.74, 6) is 1.01. The number of rotatable bonds is 3. The van der Waals surface area contributed by atoms with E-state index < -0.39 is 6.04 Å². The quantitative estimate of drug-likeness (QED) is 0.928. The Kier molecular flexibility index (Phi) is 3.94. The number of hydrogen-bond donors (Lipinski definition) is 1. The predicted molar refractivity (Wildman–Crippen MR) is 74.3 cm³/mol. The van der Waals surface area contributed by atoms with Gasteiger partial charge in [-0.3, -0.25) is 4.79 Å². The first-order valence-corrected chi connectivity index (χ1v) is 7.14. The SMILES string of the molecule is NC1CCCCN(Cc2nc(-c3ccc(Cl)o3)no2)C1=O. The molecule has 8 heteroatoms. The molecule has 0 aromatic carbocycles. The molecular formula is C13H15ClN4O3. The van der Waals surface area contributed by atoms with Crippen molar-refractivity contribution in [3.63, 3.8) is 0 Å². The van der Waals surface area contributed by atoms with Crippen LogP contribution in [0.5, 0.6) is 0 Å². The Hall–Kier alpha value is -1.86. The fourth-order valence-corrected chi connectivity index (χ4v) is 2.46. The molecule has 1 saturated heterocycles. The number of furan rings is 1. The van der Waals surface area contributed by atoms with E-state index in [1.807, 2.05) is 0 Å². The van der Waals surface area contributed by atoms with Gasteiger partial charge in [0.15, 0.2) is 11.0 Å². The van der Waals surface area contributed by atoms with Crippen LogP contribution in [0.25, 0.3) is 11.6 Å². The van der Waals surface area contributed by atoms with Gasteiger partial charge >= 0.3 is 0 Å². The number of carbonyl (C=O) groups is 1. The van der Waals surface area contributed by atoms with Crippen molar-refractivity contribution < 1.29 is 13.7 Å². The van der Waals surface area contributed by atoms with Crippen LogP contribution in [0.4, 0.5) is 0 Å².